The van der Waals surface area contributed by atoms with Crippen LogP contribution in [-0.2, 0) is 14.3 Å². The molecule has 0 aromatic rings. The molecule has 1 aliphatic rings. The summed E-state index contributed by atoms with van der Waals surface area (Å²) in [5.74, 6) is -2.50. The summed E-state index contributed by atoms with van der Waals surface area (Å²) in [6.45, 7) is 4.43. The van der Waals surface area contributed by atoms with Crippen LogP contribution in [0.4, 0.5) is 0 Å². The van der Waals surface area contributed by atoms with Crippen molar-refractivity contribution in [1.29, 1.82) is 0 Å². The summed E-state index contributed by atoms with van der Waals surface area (Å²) < 4.78 is 5.85. The molecular formula is C24H42O4. The molecule has 1 aliphatic carbocycles. The Morgan fingerprint density at radius 1 is 0.929 bits per heavy atom. The van der Waals surface area contributed by atoms with Crippen LogP contribution < -0.4 is 0 Å². The summed E-state index contributed by atoms with van der Waals surface area (Å²) in [6, 6.07) is 0. The van der Waals surface area contributed by atoms with Gasteiger partial charge in [0.1, 0.15) is 6.10 Å². The second-order valence-corrected chi connectivity index (χ2v) is 8.29. The van der Waals surface area contributed by atoms with Crippen LogP contribution in [0.25, 0.3) is 0 Å². The van der Waals surface area contributed by atoms with E-state index in [0.717, 1.165) is 32.1 Å². The lowest BCUT2D eigenvalue weighted by Crippen LogP contribution is -2.33. The Kier molecular flexibility index (Phi) is 13.8. The molecule has 0 spiro atoms. The molecule has 3 unspecified atom stereocenters. The predicted octanol–water partition coefficient (Wildman–Crippen LogP) is 6.68. The first-order valence-corrected chi connectivity index (χ1v) is 11.7. The van der Waals surface area contributed by atoms with Crippen LogP contribution in [-0.4, -0.2) is 23.1 Å². The molecule has 0 heterocycles. The van der Waals surface area contributed by atoms with Crippen LogP contribution in [0.5, 0.6) is 0 Å². The highest BCUT2D eigenvalue weighted by atomic mass is 16.5. The second kappa shape index (κ2) is 15.6. The minimum absolute atomic E-state index is 0.0647. The molecule has 0 saturated heterocycles. The lowest BCUT2D eigenvalue weighted by Gasteiger charge is -2.26. The molecule has 0 radical (unpaired) electrons. The first-order valence-electron chi connectivity index (χ1n) is 11.7. The molecule has 1 N–H and O–H groups in total. The van der Waals surface area contributed by atoms with Crippen molar-refractivity contribution >= 4 is 11.9 Å². The molecule has 1 rings (SSSR count). The summed E-state index contributed by atoms with van der Waals surface area (Å²) in [5, 5.41) is 9.42. The minimum atomic E-state index is -0.890. The zero-order chi connectivity index (χ0) is 20.6. The Balaban J connectivity index is 2.51. The number of esters is 1. The van der Waals surface area contributed by atoms with Crippen LogP contribution in [0.1, 0.15) is 110 Å². The highest BCUT2D eigenvalue weighted by molar-refractivity contribution is 5.83. The van der Waals surface area contributed by atoms with Crippen LogP contribution >= 0.6 is 0 Å². The molecule has 0 saturated carbocycles. The van der Waals surface area contributed by atoms with Crippen LogP contribution in [0.15, 0.2) is 12.2 Å². The van der Waals surface area contributed by atoms with Crippen molar-refractivity contribution in [3.8, 4) is 0 Å². The lowest BCUT2D eigenvalue weighted by atomic mass is 9.84. The van der Waals surface area contributed by atoms with Crippen LogP contribution in [0.3, 0.4) is 0 Å². The summed E-state index contributed by atoms with van der Waals surface area (Å²) in [7, 11) is 0. The number of allylic oxidation sites excluding steroid dienone is 1. The summed E-state index contributed by atoms with van der Waals surface area (Å²) in [5.41, 5.74) is 0. The molecule has 0 fully saturated rings. The number of carbonyl (C=O) groups is 2. The van der Waals surface area contributed by atoms with Gasteiger partial charge in [0, 0.05) is 0 Å². The number of carbonyl (C=O) groups excluding carboxylic acids is 1. The molecule has 0 aromatic carbocycles. The fourth-order valence-electron chi connectivity index (χ4n) is 3.99. The fraction of sp³-hybridized carbons (Fsp3) is 0.833. The largest absolute Gasteiger partial charge is 0.481 e. The maximum atomic E-state index is 12.7. The fourth-order valence-corrected chi connectivity index (χ4v) is 3.99. The SMILES string of the molecule is CCCCCCCCC(CCCCCCC)OC(=O)C1C=CCCC1C(=O)O. The molecule has 0 bridgehead atoms. The molecular weight excluding hydrogens is 352 g/mol. The molecule has 3 atom stereocenters. The van der Waals surface area contributed by atoms with E-state index in [1.54, 1.807) is 6.08 Å². The van der Waals surface area contributed by atoms with Crippen molar-refractivity contribution in [2.75, 3.05) is 0 Å². The van der Waals surface area contributed by atoms with Gasteiger partial charge in [0.25, 0.3) is 0 Å². The van der Waals surface area contributed by atoms with Gasteiger partial charge in [0.2, 0.25) is 0 Å². The molecule has 0 amide bonds. The number of ether oxygens (including phenoxy) is 1. The highest BCUT2D eigenvalue weighted by Gasteiger charge is 2.35. The molecule has 28 heavy (non-hydrogen) atoms. The lowest BCUT2D eigenvalue weighted by molar-refractivity contribution is -0.160. The van der Waals surface area contributed by atoms with Crippen molar-refractivity contribution in [2.45, 2.75) is 116 Å². The van der Waals surface area contributed by atoms with Gasteiger partial charge in [-0.15, -0.1) is 0 Å². The quantitative estimate of drug-likeness (QED) is 0.180. The Bertz CT molecular complexity index is 458. The zero-order valence-corrected chi connectivity index (χ0v) is 18.2. The van der Waals surface area contributed by atoms with Crippen molar-refractivity contribution in [3.63, 3.8) is 0 Å². The average molecular weight is 395 g/mol. The molecule has 4 nitrogen and oxygen atoms in total. The van der Waals surface area contributed by atoms with E-state index in [9.17, 15) is 14.7 Å². The number of hydrogen-bond acceptors (Lipinski definition) is 3. The Labute approximate surface area is 172 Å². The number of rotatable bonds is 16. The first kappa shape index (κ1) is 24.7. The predicted molar refractivity (Wildman–Crippen MR) is 114 cm³/mol. The summed E-state index contributed by atoms with van der Waals surface area (Å²) >= 11 is 0. The van der Waals surface area contributed by atoms with Gasteiger partial charge < -0.3 is 9.84 Å². The van der Waals surface area contributed by atoms with Gasteiger partial charge in [-0.25, -0.2) is 0 Å². The van der Waals surface area contributed by atoms with Crippen molar-refractivity contribution < 1.29 is 19.4 Å². The topological polar surface area (TPSA) is 63.6 Å². The Morgan fingerprint density at radius 2 is 1.46 bits per heavy atom. The van der Waals surface area contributed by atoms with E-state index in [1.165, 1.54) is 57.8 Å². The van der Waals surface area contributed by atoms with Crippen LogP contribution in [0, 0.1) is 11.8 Å². The number of hydrogen-bond donors (Lipinski definition) is 1. The van der Waals surface area contributed by atoms with Crippen LogP contribution in [0.2, 0.25) is 0 Å². The van der Waals surface area contributed by atoms with Crippen molar-refractivity contribution in [2.24, 2.45) is 11.8 Å². The Hall–Kier alpha value is -1.32. The van der Waals surface area contributed by atoms with E-state index in [2.05, 4.69) is 13.8 Å². The Morgan fingerprint density at radius 3 is 2.00 bits per heavy atom. The monoisotopic (exact) mass is 394 g/mol. The number of carboxylic acids is 1. The van der Waals surface area contributed by atoms with Gasteiger partial charge in [-0.05, 0) is 38.5 Å². The average Bonchev–Trinajstić information content (AvgIpc) is 2.70. The van der Waals surface area contributed by atoms with Gasteiger partial charge in [0.05, 0.1) is 11.8 Å². The number of unbranched alkanes of at least 4 members (excludes halogenated alkanes) is 9. The van der Waals surface area contributed by atoms with Gasteiger partial charge in [-0.2, -0.15) is 0 Å². The zero-order valence-electron chi connectivity index (χ0n) is 18.2. The van der Waals surface area contributed by atoms with E-state index in [0.29, 0.717) is 6.42 Å². The smallest absolute Gasteiger partial charge is 0.313 e. The third-order valence-corrected chi connectivity index (χ3v) is 5.80. The number of carboxylic acid groups (broad SMARTS) is 1. The van der Waals surface area contributed by atoms with Crippen molar-refractivity contribution in [1.82, 2.24) is 0 Å². The van der Waals surface area contributed by atoms with Gasteiger partial charge in [-0.1, -0.05) is 83.8 Å². The molecule has 0 aromatic heterocycles. The molecule has 162 valence electrons. The minimum Gasteiger partial charge on any atom is -0.481 e. The molecule has 0 aliphatic heterocycles. The number of aliphatic carboxylic acids is 1. The van der Waals surface area contributed by atoms with E-state index in [4.69, 9.17) is 4.74 Å². The molecule has 4 heteroatoms. The van der Waals surface area contributed by atoms with Gasteiger partial charge in [0.15, 0.2) is 0 Å². The third kappa shape index (κ3) is 10.3. The van der Waals surface area contributed by atoms with Crippen molar-refractivity contribution in [3.05, 3.63) is 12.2 Å². The summed E-state index contributed by atoms with van der Waals surface area (Å²) in [6.07, 6.45) is 20.0. The van der Waals surface area contributed by atoms with Gasteiger partial charge >= 0.3 is 11.9 Å². The maximum Gasteiger partial charge on any atom is 0.313 e. The first-order chi connectivity index (χ1) is 13.6. The van der Waals surface area contributed by atoms with E-state index in [1.807, 2.05) is 6.08 Å². The third-order valence-electron chi connectivity index (χ3n) is 5.80. The highest BCUT2D eigenvalue weighted by Crippen LogP contribution is 2.28. The van der Waals surface area contributed by atoms with Gasteiger partial charge in [-0.3, -0.25) is 9.59 Å². The normalized spacial score (nSPS) is 20.1. The van der Waals surface area contributed by atoms with E-state index in [-0.39, 0.29) is 12.1 Å². The van der Waals surface area contributed by atoms with E-state index >= 15 is 0 Å². The second-order valence-electron chi connectivity index (χ2n) is 8.29. The maximum absolute atomic E-state index is 12.7. The summed E-state index contributed by atoms with van der Waals surface area (Å²) in [4.78, 5) is 24.2. The standard InChI is InChI=1S/C24H42O4/c1-3-5-7-9-11-13-17-20(16-12-10-8-6-4-2)28-24(27)22-19-15-14-18-21(22)23(25)26/h15,19-22H,3-14,16-18H2,1-2H3,(H,25,26). The van der Waals surface area contributed by atoms with E-state index < -0.39 is 17.8 Å².